The summed E-state index contributed by atoms with van der Waals surface area (Å²) in [6.45, 7) is 8.05. The largest absolute Gasteiger partial charge is 0.497 e. The van der Waals surface area contributed by atoms with E-state index in [2.05, 4.69) is 15.3 Å². The van der Waals surface area contributed by atoms with Gasteiger partial charge in [-0.25, -0.2) is 4.79 Å². The molecule has 1 aliphatic carbocycles. The van der Waals surface area contributed by atoms with E-state index >= 15 is 0 Å². The number of aliphatic hydroxyl groups excluding tert-OH is 1. The monoisotopic (exact) mass is 536 g/mol. The van der Waals surface area contributed by atoms with Crippen molar-refractivity contribution in [3.05, 3.63) is 41.7 Å². The molecular weight excluding hydrogens is 500 g/mol. The number of likely N-dealkylation sites (tertiary alicyclic amines) is 1. The molecule has 2 aliphatic rings. The Balaban J connectivity index is 1.41. The van der Waals surface area contributed by atoms with E-state index in [9.17, 15) is 14.7 Å². The number of amides is 2. The number of rotatable bonds is 7. The van der Waals surface area contributed by atoms with Crippen LogP contribution in [-0.4, -0.2) is 76.5 Å². The molecule has 3 N–H and O–H groups in total. The highest BCUT2D eigenvalue weighted by Crippen LogP contribution is 2.39. The molecule has 10 nitrogen and oxygen atoms in total. The van der Waals surface area contributed by atoms with Gasteiger partial charge in [-0.3, -0.25) is 9.78 Å². The Morgan fingerprint density at radius 1 is 1.18 bits per heavy atom. The number of β-amino-alcohol motifs (C(OH)–C–C–N with tert-alkyl or cyclic N) is 1. The number of hydrogen-bond acceptors (Lipinski definition) is 7. The number of hydrogen-bond donors (Lipinski definition) is 3. The number of aromatic nitrogens is 2. The first-order valence-electron chi connectivity index (χ1n) is 13.3. The predicted octanol–water partition coefficient (Wildman–Crippen LogP) is 4.05. The molecule has 2 fully saturated rings. The summed E-state index contributed by atoms with van der Waals surface area (Å²) in [4.78, 5) is 35.2. The van der Waals surface area contributed by atoms with Crippen molar-refractivity contribution in [2.45, 2.75) is 58.3 Å². The number of benzene rings is 1. The van der Waals surface area contributed by atoms with Crippen LogP contribution in [-0.2, 0) is 4.74 Å². The zero-order valence-electron chi connectivity index (χ0n) is 23.0. The fraction of sp³-hybridized carbons (Fsp3) is 0.483. The maximum absolute atomic E-state index is 13.5. The molecule has 1 aliphatic heterocycles. The maximum Gasteiger partial charge on any atom is 0.410 e. The molecular formula is C29H36N4O6. The lowest BCUT2D eigenvalue weighted by atomic mass is 10.0. The van der Waals surface area contributed by atoms with E-state index in [4.69, 9.17) is 14.2 Å². The van der Waals surface area contributed by atoms with E-state index in [1.54, 1.807) is 34.1 Å². The molecule has 0 unspecified atom stereocenters. The van der Waals surface area contributed by atoms with Crippen LogP contribution in [0.1, 0.15) is 49.7 Å². The van der Waals surface area contributed by atoms with Gasteiger partial charge in [-0.05, 0) is 70.7 Å². The van der Waals surface area contributed by atoms with Crippen LogP contribution in [0.25, 0.3) is 22.2 Å². The van der Waals surface area contributed by atoms with Crippen molar-refractivity contribution in [3.8, 4) is 22.6 Å². The van der Waals surface area contributed by atoms with E-state index in [1.165, 1.54) is 17.7 Å². The number of aromatic amines is 1. The van der Waals surface area contributed by atoms with Crippen molar-refractivity contribution in [1.29, 1.82) is 0 Å². The number of methoxy groups -OCH3 is 1. The van der Waals surface area contributed by atoms with Crippen molar-refractivity contribution in [1.82, 2.24) is 20.2 Å². The van der Waals surface area contributed by atoms with E-state index < -0.39 is 23.8 Å². The third-order valence-electron chi connectivity index (χ3n) is 7.01. The molecule has 0 spiro atoms. The van der Waals surface area contributed by atoms with Gasteiger partial charge in [-0.2, -0.15) is 0 Å². The Morgan fingerprint density at radius 3 is 2.64 bits per heavy atom. The Hall–Kier alpha value is -3.79. The van der Waals surface area contributed by atoms with Gasteiger partial charge in [0.1, 0.15) is 22.6 Å². The first kappa shape index (κ1) is 26.8. The fourth-order valence-electron chi connectivity index (χ4n) is 4.82. The summed E-state index contributed by atoms with van der Waals surface area (Å²) >= 11 is 0. The number of ether oxygens (including phenoxy) is 3. The molecule has 5 rings (SSSR count). The number of carbonyl (C=O) groups excluding carboxylic acids is 2. The summed E-state index contributed by atoms with van der Waals surface area (Å²) in [7, 11) is 1.62. The molecule has 0 bridgehead atoms. The van der Waals surface area contributed by atoms with Gasteiger partial charge in [-0.15, -0.1) is 0 Å². The summed E-state index contributed by atoms with van der Waals surface area (Å²) in [6, 6.07) is 6.95. The minimum absolute atomic E-state index is 0.0780. The topological polar surface area (TPSA) is 126 Å². The van der Waals surface area contributed by atoms with Gasteiger partial charge in [0.2, 0.25) is 0 Å². The normalized spacial score (nSPS) is 19.3. The van der Waals surface area contributed by atoms with Crippen LogP contribution in [0.5, 0.6) is 11.5 Å². The summed E-state index contributed by atoms with van der Waals surface area (Å²) in [5, 5.41) is 13.5. The van der Waals surface area contributed by atoms with Crippen molar-refractivity contribution >= 4 is 23.0 Å². The molecule has 2 amide bonds. The predicted molar refractivity (Wildman–Crippen MR) is 146 cm³/mol. The average Bonchev–Trinajstić information content (AvgIpc) is 3.54. The smallest absolute Gasteiger partial charge is 0.410 e. The molecule has 208 valence electrons. The zero-order valence-corrected chi connectivity index (χ0v) is 23.0. The SMILES string of the molecule is COc1ccc(OCC2CC2)c(-c2ccnc3c(C(=O)N[C@@H]4CN(C(=O)OC(C)(C)C)C[C@H]4O)c(C)[nH]c23)c1. The molecule has 1 aromatic carbocycles. The van der Waals surface area contributed by atoms with Crippen molar-refractivity contribution in [3.63, 3.8) is 0 Å². The maximum atomic E-state index is 13.5. The molecule has 1 saturated carbocycles. The molecule has 2 atom stereocenters. The second-order valence-corrected chi connectivity index (χ2v) is 11.4. The van der Waals surface area contributed by atoms with E-state index in [0.717, 1.165) is 16.9 Å². The van der Waals surface area contributed by atoms with Gasteiger partial charge in [0.15, 0.2) is 0 Å². The Kier molecular flexibility index (Phi) is 7.15. The van der Waals surface area contributed by atoms with Crippen LogP contribution in [0.4, 0.5) is 4.79 Å². The Morgan fingerprint density at radius 2 is 1.95 bits per heavy atom. The molecule has 3 aromatic rings. The van der Waals surface area contributed by atoms with E-state index in [-0.39, 0.29) is 19.0 Å². The van der Waals surface area contributed by atoms with E-state index in [0.29, 0.717) is 40.6 Å². The molecule has 39 heavy (non-hydrogen) atoms. The van der Waals surface area contributed by atoms with Crippen molar-refractivity contribution in [2.75, 3.05) is 26.8 Å². The second kappa shape index (κ2) is 10.4. The number of pyridine rings is 1. The lowest BCUT2D eigenvalue weighted by Gasteiger charge is -2.24. The highest BCUT2D eigenvalue weighted by molar-refractivity contribution is 6.10. The number of nitrogens with zero attached hydrogens (tertiary/aromatic N) is 2. The van der Waals surface area contributed by atoms with Gasteiger partial charge in [0.25, 0.3) is 5.91 Å². The number of nitrogens with one attached hydrogen (secondary N) is 2. The molecule has 10 heteroatoms. The number of carbonyl (C=O) groups is 2. The van der Waals surface area contributed by atoms with Gasteiger partial charge >= 0.3 is 6.09 Å². The van der Waals surface area contributed by atoms with Gasteiger partial charge in [0.05, 0.1) is 43.5 Å². The summed E-state index contributed by atoms with van der Waals surface area (Å²) in [6.07, 6.45) is 2.60. The minimum atomic E-state index is -0.918. The van der Waals surface area contributed by atoms with Crippen LogP contribution in [0.2, 0.25) is 0 Å². The van der Waals surface area contributed by atoms with Crippen LogP contribution >= 0.6 is 0 Å². The summed E-state index contributed by atoms with van der Waals surface area (Å²) in [5.74, 6) is 1.65. The number of aliphatic hydroxyl groups is 1. The van der Waals surface area contributed by atoms with Gasteiger partial charge in [-0.1, -0.05) is 0 Å². The van der Waals surface area contributed by atoms with Crippen LogP contribution < -0.4 is 14.8 Å². The van der Waals surface area contributed by atoms with Crippen molar-refractivity contribution in [2.24, 2.45) is 5.92 Å². The number of fused-ring (bicyclic) bond motifs is 1. The molecule has 2 aromatic heterocycles. The lowest BCUT2D eigenvalue weighted by molar-refractivity contribution is 0.0269. The van der Waals surface area contributed by atoms with Crippen LogP contribution in [0.15, 0.2) is 30.5 Å². The Bertz CT molecular complexity index is 1390. The third-order valence-corrected chi connectivity index (χ3v) is 7.01. The zero-order chi connectivity index (χ0) is 27.9. The minimum Gasteiger partial charge on any atom is -0.497 e. The first-order chi connectivity index (χ1) is 18.5. The number of H-pyrrole nitrogens is 1. The second-order valence-electron chi connectivity index (χ2n) is 11.4. The highest BCUT2D eigenvalue weighted by atomic mass is 16.6. The molecule has 1 saturated heterocycles. The standard InChI is InChI=1S/C29H36N4O6/c1-16-24(27(35)32-21-13-33(14-22(21)34)28(36)39-29(2,3)4)26-25(31-16)19(10-11-30-26)20-12-18(37-5)8-9-23(20)38-15-17-6-7-17/h8-12,17,21-22,31,34H,6-7,13-15H2,1-5H3,(H,32,35)/t21-,22-/m1/s1. The van der Waals surface area contributed by atoms with Crippen LogP contribution in [0, 0.1) is 12.8 Å². The quantitative estimate of drug-likeness (QED) is 0.416. The lowest BCUT2D eigenvalue weighted by Crippen LogP contribution is -2.43. The van der Waals surface area contributed by atoms with Gasteiger partial charge < -0.3 is 34.5 Å². The fourth-order valence-corrected chi connectivity index (χ4v) is 4.82. The number of aryl methyl sites for hydroxylation is 1. The summed E-state index contributed by atoms with van der Waals surface area (Å²) < 4.78 is 17.1. The van der Waals surface area contributed by atoms with Crippen LogP contribution in [0.3, 0.4) is 0 Å². The molecule has 3 heterocycles. The third kappa shape index (κ3) is 5.80. The first-order valence-corrected chi connectivity index (χ1v) is 13.3. The average molecular weight is 537 g/mol. The summed E-state index contributed by atoms with van der Waals surface area (Å²) in [5.41, 5.74) is 3.26. The molecule has 0 radical (unpaired) electrons. The highest BCUT2D eigenvalue weighted by Gasteiger charge is 2.37. The van der Waals surface area contributed by atoms with Gasteiger partial charge in [0, 0.05) is 29.6 Å². The van der Waals surface area contributed by atoms with Crippen molar-refractivity contribution < 1.29 is 28.9 Å². The Labute approximate surface area is 227 Å². The van der Waals surface area contributed by atoms with E-state index in [1.807, 2.05) is 31.2 Å².